The minimum atomic E-state index is -0.112. The summed E-state index contributed by atoms with van der Waals surface area (Å²) >= 11 is 0. The second kappa shape index (κ2) is 6.06. The topological polar surface area (TPSA) is 89.9 Å². The fourth-order valence-corrected chi connectivity index (χ4v) is 2.69. The van der Waals surface area contributed by atoms with Crippen molar-refractivity contribution in [1.29, 1.82) is 0 Å². The summed E-state index contributed by atoms with van der Waals surface area (Å²) in [4.78, 5) is 18.9. The van der Waals surface area contributed by atoms with Crippen LogP contribution in [0.3, 0.4) is 0 Å². The predicted octanol–water partition coefficient (Wildman–Crippen LogP) is 1.56. The molecule has 0 N–H and O–H groups in total. The van der Waals surface area contributed by atoms with Gasteiger partial charge in [0.25, 0.3) is 0 Å². The van der Waals surface area contributed by atoms with Gasteiger partial charge in [0.05, 0.1) is 17.3 Å². The van der Waals surface area contributed by atoms with Crippen molar-refractivity contribution in [3.8, 4) is 11.4 Å². The summed E-state index contributed by atoms with van der Waals surface area (Å²) in [5.74, 6) is 0.620. The first kappa shape index (κ1) is 15.4. The SMILES string of the molecule is CN(C)CCn1nnnc1-c1ccc2oc3ncccc3c(=O)c2c1. The van der Waals surface area contributed by atoms with Gasteiger partial charge < -0.3 is 9.32 Å². The highest BCUT2D eigenvalue weighted by atomic mass is 16.3. The third kappa shape index (κ3) is 2.76. The lowest BCUT2D eigenvalue weighted by Gasteiger charge is -2.10. The summed E-state index contributed by atoms with van der Waals surface area (Å²) in [6.45, 7) is 1.47. The Labute approximate surface area is 142 Å². The van der Waals surface area contributed by atoms with E-state index in [-0.39, 0.29) is 5.43 Å². The quantitative estimate of drug-likeness (QED) is 0.522. The molecule has 0 radical (unpaired) electrons. The highest BCUT2D eigenvalue weighted by molar-refractivity contribution is 5.90. The minimum absolute atomic E-state index is 0.112. The number of fused-ring (bicyclic) bond motifs is 2. The molecule has 0 atom stereocenters. The van der Waals surface area contributed by atoms with Crippen molar-refractivity contribution in [2.24, 2.45) is 0 Å². The van der Waals surface area contributed by atoms with Gasteiger partial charge in [0.1, 0.15) is 5.58 Å². The Kier molecular flexibility index (Phi) is 3.73. The van der Waals surface area contributed by atoms with E-state index in [1.54, 1.807) is 35.1 Å². The summed E-state index contributed by atoms with van der Waals surface area (Å²) in [5.41, 5.74) is 1.49. The molecule has 0 amide bonds. The highest BCUT2D eigenvalue weighted by Crippen LogP contribution is 2.23. The van der Waals surface area contributed by atoms with Gasteiger partial charge in [-0.05, 0) is 54.9 Å². The highest BCUT2D eigenvalue weighted by Gasteiger charge is 2.13. The standard InChI is InChI=1S/C17H16N6O2/c1-22(2)8-9-23-16(19-20-21-23)11-5-6-14-13(10-11)15(24)12-4-3-7-18-17(12)25-14/h3-7,10H,8-9H2,1-2H3. The number of tetrazole rings is 1. The normalized spacial score (nSPS) is 11.6. The van der Waals surface area contributed by atoms with Crippen LogP contribution in [-0.4, -0.2) is 50.7 Å². The van der Waals surface area contributed by atoms with Crippen LogP contribution >= 0.6 is 0 Å². The van der Waals surface area contributed by atoms with E-state index in [1.807, 2.05) is 20.2 Å². The number of benzene rings is 1. The van der Waals surface area contributed by atoms with E-state index in [0.29, 0.717) is 34.4 Å². The second-order valence-electron chi connectivity index (χ2n) is 6.03. The summed E-state index contributed by atoms with van der Waals surface area (Å²) in [5, 5.41) is 12.8. The zero-order chi connectivity index (χ0) is 17.4. The Morgan fingerprint density at radius 2 is 2.08 bits per heavy atom. The second-order valence-corrected chi connectivity index (χ2v) is 6.03. The molecule has 0 saturated carbocycles. The molecule has 0 aliphatic rings. The maximum atomic E-state index is 12.7. The van der Waals surface area contributed by atoms with Gasteiger partial charge in [0.2, 0.25) is 11.1 Å². The van der Waals surface area contributed by atoms with Gasteiger partial charge in [-0.25, -0.2) is 9.67 Å². The first-order valence-corrected chi connectivity index (χ1v) is 7.86. The van der Waals surface area contributed by atoms with E-state index in [9.17, 15) is 4.79 Å². The Morgan fingerprint density at radius 3 is 2.92 bits per heavy atom. The van der Waals surface area contributed by atoms with Gasteiger partial charge in [-0.2, -0.15) is 0 Å². The molecule has 4 aromatic rings. The first-order valence-electron chi connectivity index (χ1n) is 7.86. The van der Waals surface area contributed by atoms with Gasteiger partial charge in [-0.15, -0.1) is 5.10 Å². The molecule has 8 heteroatoms. The van der Waals surface area contributed by atoms with Gasteiger partial charge >= 0.3 is 0 Å². The zero-order valence-electron chi connectivity index (χ0n) is 13.9. The lowest BCUT2D eigenvalue weighted by molar-refractivity contribution is 0.372. The molecular weight excluding hydrogens is 320 g/mol. The third-order valence-electron chi connectivity index (χ3n) is 4.00. The maximum absolute atomic E-state index is 12.7. The monoisotopic (exact) mass is 336 g/mol. The first-order chi connectivity index (χ1) is 12.1. The van der Waals surface area contributed by atoms with Crippen molar-refractivity contribution in [2.45, 2.75) is 6.54 Å². The molecule has 3 heterocycles. The molecule has 0 aliphatic carbocycles. The van der Waals surface area contributed by atoms with Gasteiger partial charge in [0.15, 0.2) is 5.82 Å². The molecule has 25 heavy (non-hydrogen) atoms. The van der Waals surface area contributed by atoms with Gasteiger partial charge in [-0.1, -0.05) is 0 Å². The van der Waals surface area contributed by atoms with Gasteiger partial charge in [-0.3, -0.25) is 4.79 Å². The summed E-state index contributed by atoms with van der Waals surface area (Å²) < 4.78 is 7.46. The average molecular weight is 336 g/mol. The molecule has 1 aromatic carbocycles. The number of nitrogens with zero attached hydrogens (tertiary/aromatic N) is 6. The molecule has 0 saturated heterocycles. The van der Waals surface area contributed by atoms with Gasteiger partial charge in [0, 0.05) is 18.3 Å². The smallest absolute Gasteiger partial charge is 0.230 e. The van der Waals surface area contributed by atoms with Crippen LogP contribution in [0.25, 0.3) is 33.5 Å². The Hall–Kier alpha value is -3.13. The number of rotatable bonds is 4. The van der Waals surface area contributed by atoms with Crippen LogP contribution in [0.1, 0.15) is 0 Å². The van der Waals surface area contributed by atoms with Crippen LogP contribution in [0.4, 0.5) is 0 Å². The zero-order valence-corrected chi connectivity index (χ0v) is 13.9. The van der Waals surface area contributed by atoms with Crippen LogP contribution < -0.4 is 5.43 Å². The Bertz CT molecular complexity index is 1110. The van der Waals surface area contributed by atoms with Crippen LogP contribution in [0, 0.1) is 0 Å². The maximum Gasteiger partial charge on any atom is 0.230 e. The van der Waals surface area contributed by atoms with E-state index in [0.717, 1.165) is 12.1 Å². The number of likely N-dealkylation sites (N-methyl/N-ethyl adjacent to an activating group) is 1. The Morgan fingerprint density at radius 1 is 1.20 bits per heavy atom. The van der Waals surface area contributed by atoms with E-state index < -0.39 is 0 Å². The molecular formula is C17H16N6O2. The van der Waals surface area contributed by atoms with Crippen molar-refractivity contribution >= 4 is 22.1 Å². The van der Waals surface area contributed by atoms with Crippen molar-refractivity contribution in [3.05, 3.63) is 46.8 Å². The average Bonchev–Trinajstić information content (AvgIpc) is 3.08. The largest absolute Gasteiger partial charge is 0.437 e. The minimum Gasteiger partial charge on any atom is -0.437 e. The van der Waals surface area contributed by atoms with E-state index in [1.165, 1.54) is 0 Å². The van der Waals surface area contributed by atoms with Crippen molar-refractivity contribution in [3.63, 3.8) is 0 Å². The Balaban J connectivity index is 1.85. The number of pyridine rings is 1. The van der Waals surface area contributed by atoms with E-state index in [4.69, 9.17) is 4.42 Å². The summed E-state index contributed by atoms with van der Waals surface area (Å²) in [6, 6.07) is 8.80. The van der Waals surface area contributed by atoms with Crippen LogP contribution in [0.2, 0.25) is 0 Å². The molecule has 0 aliphatic heterocycles. The molecule has 0 unspecified atom stereocenters. The molecule has 0 spiro atoms. The van der Waals surface area contributed by atoms with Crippen molar-refractivity contribution in [2.75, 3.05) is 20.6 Å². The number of hydrogen-bond acceptors (Lipinski definition) is 7. The number of hydrogen-bond donors (Lipinski definition) is 0. The summed E-state index contributed by atoms with van der Waals surface area (Å²) in [7, 11) is 3.98. The predicted molar refractivity (Wildman–Crippen MR) is 93.2 cm³/mol. The molecule has 0 bridgehead atoms. The van der Waals surface area contributed by atoms with Crippen molar-refractivity contribution < 1.29 is 4.42 Å². The van der Waals surface area contributed by atoms with Crippen LogP contribution in [-0.2, 0) is 6.54 Å². The fourth-order valence-electron chi connectivity index (χ4n) is 2.69. The molecule has 126 valence electrons. The van der Waals surface area contributed by atoms with Crippen LogP contribution in [0.5, 0.6) is 0 Å². The lowest BCUT2D eigenvalue weighted by Crippen LogP contribution is -2.19. The molecule has 0 fully saturated rings. The molecule has 3 aromatic heterocycles. The third-order valence-corrected chi connectivity index (χ3v) is 4.00. The lowest BCUT2D eigenvalue weighted by atomic mass is 10.1. The summed E-state index contributed by atoms with van der Waals surface area (Å²) in [6.07, 6.45) is 1.60. The fraction of sp³-hybridized carbons (Fsp3) is 0.235. The van der Waals surface area contributed by atoms with E-state index >= 15 is 0 Å². The van der Waals surface area contributed by atoms with Crippen LogP contribution in [0.15, 0.2) is 45.7 Å². The molecule has 8 nitrogen and oxygen atoms in total. The van der Waals surface area contributed by atoms with E-state index in [2.05, 4.69) is 25.4 Å². The van der Waals surface area contributed by atoms with Crippen molar-refractivity contribution in [1.82, 2.24) is 30.1 Å². The number of aromatic nitrogens is 5. The molecule has 4 rings (SSSR count).